The van der Waals surface area contributed by atoms with Crippen LogP contribution in [0.25, 0.3) is 0 Å². The van der Waals surface area contributed by atoms with Crippen LogP contribution in [0.15, 0.2) is 22.9 Å². The number of nitrogens with zero attached hydrogens (tertiary/aromatic N) is 2. The molecule has 0 saturated carbocycles. The zero-order valence-corrected chi connectivity index (χ0v) is 11.2. The molecule has 2 rings (SSSR count). The first kappa shape index (κ1) is 11.9. The topological polar surface area (TPSA) is 28.2 Å². The summed E-state index contributed by atoms with van der Waals surface area (Å²) in [6, 6.07) is 2.75. The summed E-state index contributed by atoms with van der Waals surface area (Å²) in [5.74, 6) is 0. The Hall–Kier alpha value is -0.610. The van der Waals surface area contributed by atoms with Crippen LogP contribution in [0, 0.1) is 0 Å². The van der Waals surface area contributed by atoms with Gasteiger partial charge in [-0.2, -0.15) is 0 Å². The number of pyridine rings is 1. The van der Waals surface area contributed by atoms with E-state index in [1.807, 2.05) is 6.20 Å². The highest BCUT2D eigenvalue weighted by Gasteiger charge is 2.22. The van der Waals surface area contributed by atoms with Gasteiger partial charge in [-0.15, -0.1) is 0 Å². The lowest BCUT2D eigenvalue weighted by Crippen LogP contribution is -2.34. The van der Waals surface area contributed by atoms with Crippen LogP contribution >= 0.6 is 15.9 Å². The minimum atomic E-state index is 0.684. The predicted octanol–water partition coefficient (Wildman–Crippen LogP) is 2.74. The lowest BCUT2D eigenvalue weighted by atomic mass is 10.2. The lowest BCUT2D eigenvalue weighted by Gasteiger charge is -2.23. The maximum absolute atomic E-state index is 4.15. The van der Waals surface area contributed by atoms with E-state index in [0.717, 1.165) is 23.2 Å². The first-order valence-electron chi connectivity index (χ1n) is 5.88. The van der Waals surface area contributed by atoms with Gasteiger partial charge in [-0.3, -0.25) is 9.88 Å². The Balaban J connectivity index is 1.87. The highest BCUT2D eigenvalue weighted by Crippen LogP contribution is 2.18. The van der Waals surface area contributed by atoms with Gasteiger partial charge in [0.1, 0.15) is 0 Å². The third-order valence-corrected chi connectivity index (χ3v) is 3.59. The van der Waals surface area contributed by atoms with Gasteiger partial charge in [-0.25, -0.2) is 0 Å². The van der Waals surface area contributed by atoms with Crippen LogP contribution in [0.4, 0.5) is 5.69 Å². The van der Waals surface area contributed by atoms with Crippen LogP contribution in [0.1, 0.15) is 19.8 Å². The van der Waals surface area contributed by atoms with Crippen molar-refractivity contribution < 1.29 is 0 Å². The van der Waals surface area contributed by atoms with Crippen LogP contribution < -0.4 is 5.32 Å². The number of anilines is 1. The monoisotopic (exact) mass is 283 g/mol. The van der Waals surface area contributed by atoms with Gasteiger partial charge in [-0.1, -0.05) is 6.92 Å². The SMILES string of the molecule is CCN1CCCC1CNc1cncc(Br)c1. The summed E-state index contributed by atoms with van der Waals surface area (Å²) in [6.07, 6.45) is 6.31. The molecule has 1 N–H and O–H groups in total. The Morgan fingerprint density at radius 2 is 2.44 bits per heavy atom. The highest BCUT2D eigenvalue weighted by molar-refractivity contribution is 9.10. The highest BCUT2D eigenvalue weighted by atomic mass is 79.9. The van der Waals surface area contributed by atoms with E-state index in [0.29, 0.717) is 6.04 Å². The van der Waals surface area contributed by atoms with Gasteiger partial charge in [0, 0.05) is 23.3 Å². The van der Waals surface area contributed by atoms with Gasteiger partial charge in [0.15, 0.2) is 0 Å². The Bertz CT molecular complexity index is 343. The van der Waals surface area contributed by atoms with Gasteiger partial charge in [-0.05, 0) is 47.9 Å². The summed E-state index contributed by atoms with van der Waals surface area (Å²) in [4.78, 5) is 6.69. The molecule has 0 aliphatic carbocycles. The first-order chi connectivity index (χ1) is 7.79. The van der Waals surface area contributed by atoms with E-state index in [1.54, 1.807) is 6.20 Å². The third-order valence-electron chi connectivity index (χ3n) is 3.15. The van der Waals surface area contributed by atoms with Crippen molar-refractivity contribution in [3.05, 3.63) is 22.9 Å². The summed E-state index contributed by atoms with van der Waals surface area (Å²) in [6.45, 7) is 5.66. The summed E-state index contributed by atoms with van der Waals surface area (Å²) in [5.41, 5.74) is 1.09. The van der Waals surface area contributed by atoms with Crippen molar-refractivity contribution in [1.82, 2.24) is 9.88 Å². The van der Waals surface area contributed by atoms with Gasteiger partial charge in [0.05, 0.1) is 11.9 Å². The van der Waals surface area contributed by atoms with Crippen molar-refractivity contribution in [2.75, 3.05) is 25.0 Å². The molecule has 3 nitrogen and oxygen atoms in total. The molecule has 0 bridgehead atoms. The molecule has 0 aromatic carbocycles. The minimum absolute atomic E-state index is 0.684. The fourth-order valence-electron chi connectivity index (χ4n) is 2.29. The van der Waals surface area contributed by atoms with E-state index in [2.05, 4.69) is 44.1 Å². The number of rotatable bonds is 4. The van der Waals surface area contributed by atoms with Crippen molar-refractivity contribution >= 4 is 21.6 Å². The standard InChI is InChI=1S/C12H18BrN3/c1-2-16-5-3-4-12(16)9-15-11-6-10(13)7-14-8-11/h6-8,12,15H,2-5,9H2,1H3. The smallest absolute Gasteiger partial charge is 0.0538 e. The second-order valence-corrected chi connectivity index (χ2v) is 5.11. The minimum Gasteiger partial charge on any atom is -0.382 e. The number of likely N-dealkylation sites (tertiary alicyclic amines) is 1. The van der Waals surface area contributed by atoms with E-state index in [-0.39, 0.29) is 0 Å². The fourth-order valence-corrected chi connectivity index (χ4v) is 2.65. The van der Waals surface area contributed by atoms with Gasteiger partial charge >= 0.3 is 0 Å². The third kappa shape index (κ3) is 2.95. The Labute approximate surface area is 105 Å². The summed E-state index contributed by atoms with van der Waals surface area (Å²) >= 11 is 3.43. The summed E-state index contributed by atoms with van der Waals surface area (Å²) in [5, 5.41) is 3.46. The molecule has 1 aliphatic rings. The first-order valence-corrected chi connectivity index (χ1v) is 6.67. The van der Waals surface area contributed by atoms with Crippen LogP contribution in [0.3, 0.4) is 0 Å². The Kier molecular flexibility index (Phi) is 4.18. The molecule has 1 atom stereocenters. The number of halogens is 1. The fraction of sp³-hybridized carbons (Fsp3) is 0.583. The molecule has 88 valence electrons. The number of hydrogen-bond acceptors (Lipinski definition) is 3. The van der Waals surface area contributed by atoms with Crippen molar-refractivity contribution in [3.8, 4) is 0 Å². The molecule has 1 aliphatic heterocycles. The Morgan fingerprint density at radius 3 is 3.19 bits per heavy atom. The average Bonchev–Trinajstić information content (AvgIpc) is 2.74. The summed E-state index contributed by atoms with van der Waals surface area (Å²) < 4.78 is 1.02. The molecule has 1 aromatic heterocycles. The number of hydrogen-bond donors (Lipinski definition) is 1. The van der Waals surface area contributed by atoms with Crippen LogP contribution in [-0.2, 0) is 0 Å². The van der Waals surface area contributed by atoms with Crippen LogP contribution in [0.2, 0.25) is 0 Å². The maximum Gasteiger partial charge on any atom is 0.0538 e. The summed E-state index contributed by atoms with van der Waals surface area (Å²) in [7, 11) is 0. The molecule has 1 saturated heterocycles. The maximum atomic E-state index is 4.15. The number of nitrogens with one attached hydrogen (secondary N) is 1. The number of likely N-dealkylation sites (N-methyl/N-ethyl adjacent to an activating group) is 1. The lowest BCUT2D eigenvalue weighted by molar-refractivity contribution is 0.277. The van der Waals surface area contributed by atoms with Gasteiger partial charge in [0.2, 0.25) is 0 Å². The second-order valence-electron chi connectivity index (χ2n) is 4.20. The van der Waals surface area contributed by atoms with Crippen molar-refractivity contribution in [3.63, 3.8) is 0 Å². The van der Waals surface area contributed by atoms with Crippen molar-refractivity contribution in [2.45, 2.75) is 25.8 Å². The van der Waals surface area contributed by atoms with Crippen LogP contribution in [-0.4, -0.2) is 35.6 Å². The van der Waals surface area contributed by atoms with E-state index >= 15 is 0 Å². The number of aromatic nitrogens is 1. The van der Waals surface area contributed by atoms with E-state index in [1.165, 1.54) is 19.4 Å². The molecule has 1 aromatic rings. The zero-order valence-electron chi connectivity index (χ0n) is 9.62. The predicted molar refractivity (Wildman–Crippen MR) is 70.7 cm³/mol. The van der Waals surface area contributed by atoms with Gasteiger partial charge in [0.25, 0.3) is 0 Å². The molecule has 0 amide bonds. The molecular weight excluding hydrogens is 266 g/mol. The molecule has 0 radical (unpaired) electrons. The van der Waals surface area contributed by atoms with E-state index in [4.69, 9.17) is 0 Å². The zero-order chi connectivity index (χ0) is 11.4. The molecular formula is C12H18BrN3. The molecule has 4 heteroatoms. The quantitative estimate of drug-likeness (QED) is 0.921. The molecule has 1 fully saturated rings. The molecule has 2 heterocycles. The molecule has 16 heavy (non-hydrogen) atoms. The molecule has 0 spiro atoms. The van der Waals surface area contributed by atoms with E-state index in [9.17, 15) is 0 Å². The van der Waals surface area contributed by atoms with E-state index < -0.39 is 0 Å². The largest absolute Gasteiger partial charge is 0.382 e. The van der Waals surface area contributed by atoms with Crippen LogP contribution in [0.5, 0.6) is 0 Å². The Morgan fingerprint density at radius 1 is 1.56 bits per heavy atom. The second kappa shape index (κ2) is 5.64. The molecule has 1 unspecified atom stereocenters. The van der Waals surface area contributed by atoms with Crippen molar-refractivity contribution in [2.24, 2.45) is 0 Å². The van der Waals surface area contributed by atoms with Crippen molar-refractivity contribution in [1.29, 1.82) is 0 Å². The average molecular weight is 284 g/mol. The normalized spacial score (nSPS) is 21.2. The van der Waals surface area contributed by atoms with Gasteiger partial charge < -0.3 is 5.32 Å².